The van der Waals surface area contributed by atoms with Gasteiger partial charge in [-0.15, -0.1) is 0 Å². The fourth-order valence-electron chi connectivity index (χ4n) is 3.24. The lowest BCUT2D eigenvalue weighted by molar-refractivity contribution is 0.607. The number of rotatable bonds is 5. The molecule has 0 saturated carbocycles. The molecule has 0 amide bonds. The molecule has 4 rings (SSSR count). The van der Waals surface area contributed by atoms with E-state index in [1.165, 1.54) is 11.9 Å². The van der Waals surface area contributed by atoms with E-state index in [0.717, 1.165) is 22.5 Å². The predicted molar refractivity (Wildman–Crippen MR) is 99.3 cm³/mol. The summed E-state index contributed by atoms with van der Waals surface area (Å²) in [6.07, 6.45) is 6.88. The van der Waals surface area contributed by atoms with Crippen LogP contribution in [0, 0.1) is 13.8 Å². The van der Waals surface area contributed by atoms with Crippen LogP contribution in [0.4, 0.5) is 0 Å². The summed E-state index contributed by atoms with van der Waals surface area (Å²) in [4.78, 5) is 22.7. The van der Waals surface area contributed by atoms with Crippen LogP contribution in [-0.4, -0.2) is 39.5 Å². The molecule has 0 radical (unpaired) electrons. The summed E-state index contributed by atoms with van der Waals surface area (Å²) in [6, 6.07) is 4.13. The van der Waals surface area contributed by atoms with Crippen LogP contribution in [0.15, 0.2) is 42.0 Å². The lowest BCUT2D eigenvalue weighted by atomic mass is 9.99. The van der Waals surface area contributed by atoms with E-state index in [1.54, 1.807) is 17.2 Å². The number of aromatic nitrogens is 8. The molecule has 3 heterocycles. The second-order valence-corrected chi connectivity index (χ2v) is 6.58. The largest absolute Gasteiger partial charge is 0.340 e. The molecule has 1 aromatic carbocycles. The lowest BCUT2D eigenvalue weighted by Crippen LogP contribution is -2.11. The third-order valence-corrected chi connectivity index (χ3v) is 4.72. The van der Waals surface area contributed by atoms with Crippen molar-refractivity contribution in [3.8, 4) is 11.4 Å². The Morgan fingerprint density at radius 2 is 2.07 bits per heavy atom. The van der Waals surface area contributed by atoms with Crippen LogP contribution in [0.2, 0.25) is 0 Å². The van der Waals surface area contributed by atoms with Crippen LogP contribution in [0.25, 0.3) is 11.4 Å². The predicted octanol–water partition coefficient (Wildman–Crippen LogP) is 1.83. The van der Waals surface area contributed by atoms with E-state index >= 15 is 0 Å². The molecule has 3 aromatic heterocycles. The van der Waals surface area contributed by atoms with Gasteiger partial charge in [0.1, 0.15) is 18.5 Å². The molecule has 9 heteroatoms. The Morgan fingerprint density at radius 3 is 2.78 bits per heavy atom. The average Bonchev–Trinajstić information content (AvgIpc) is 3.38. The van der Waals surface area contributed by atoms with Crippen molar-refractivity contribution in [2.45, 2.75) is 33.4 Å². The van der Waals surface area contributed by atoms with Gasteiger partial charge in [0.25, 0.3) is 0 Å². The van der Waals surface area contributed by atoms with Crippen LogP contribution in [0.3, 0.4) is 0 Å². The molecular formula is C18H20N8O. The van der Waals surface area contributed by atoms with Crippen molar-refractivity contribution in [3.63, 3.8) is 0 Å². The first kappa shape index (κ1) is 17.0. The van der Waals surface area contributed by atoms with Crippen molar-refractivity contribution >= 4 is 0 Å². The first-order valence-electron chi connectivity index (χ1n) is 8.63. The molecule has 0 aliphatic heterocycles. The van der Waals surface area contributed by atoms with Gasteiger partial charge in [-0.1, -0.05) is 6.07 Å². The number of H-pyrrole nitrogens is 2. The minimum Gasteiger partial charge on any atom is -0.321 e. The van der Waals surface area contributed by atoms with Crippen molar-refractivity contribution in [1.29, 1.82) is 0 Å². The molecule has 1 atom stereocenters. The number of nitrogens with zero attached hydrogens (tertiary/aromatic N) is 6. The maximum absolute atomic E-state index is 11.4. The Labute approximate surface area is 155 Å². The summed E-state index contributed by atoms with van der Waals surface area (Å²) in [5, 5.41) is 10.7. The molecule has 0 aliphatic rings. The lowest BCUT2D eigenvalue weighted by Gasteiger charge is -2.17. The number of hydrogen-bond donors (Lipinski definition) is 2. The van der Waals surface area contributed by atoms with Crippen LogP contribution >= 0.6 is 0 Å². The molecule has 0 saturated heterocycles. The fourth-order valence-corrected chi connectivity index (χ4v) is 3.24. The molecule has 0 fully saturated rings. The van der Waals surface area contributed by atoms with Crippen LogP contribution in [-0.2, 0) is 6.54 Å². The van der Waals surface area contributed by atoms with E-state index in [4.69, 9.17) is 0 Å². The zero-order valence-corrected chi connectivity index (χ0v) is 15.3. The van der Waals surface area contributed by atoms with E-state index in [2.05, 4.69) is 56.2 Å². The van der Waals surface area contributed by atoms with Gasteiger partial charge in [-0.05, 0) is 43.5 Å². The number of hydrogen-bond acceptors (Lipinski definition) is 5. The Bertz CT molecular complexity index is 1120. The van der Waals surface area contributed by atoms with Crippen LogP contribution in [0.5, 0.6) is 0 Å². The molecule has 27 heavy (non-hydrogen) atoms. The highest BCUT2D eigenvalue weighted by atomic mass is 16.1. The molecular weight excluding hydrogens is 344 g/mol. The van der Waals surface area contributed by atoms with Gasteiger partial charge in [0, 0.05) is 18.0 Å². The highest BCUT2D eigenvalue weighted by molar-refractivity contribution is 5.63. The molecule has 0 spiro atoms. The van der Waals surface area contributed by atoms with Crippen molar-refractivity contribution in [1.82, 2.24) is 39.5 Å². The van der Waals surface area contributed by atoms with Crippen molar-refractivity contribution < 1.29 is 0 Å². The number of imidazole rings is 1. The Balaban J connectivity index is 1.76. The summed E-state index contributed by atoms with van der Waals surface area (Å²) in [7, 11) is 0. The first-order valence-corrected chi connectivity index (χ1v) is 8.63. The summed E-state index contributed by atoms with van der Waals surface area (Å²) in [5.74, 6) is 1.38. The van der Waals surface area contributed by atoms with Gasteiger partial charge in [0.2, 0.25) is 0 Å². The zero-order chi connectivity index (χ0) is 19.0. The van der Waals surface area contributed by atoms with Crippen LogP contribution < -0.4 is 5.69 Å². The summed E-state index contributed by atoms with van der Waals surface area (Å²) in [6.45, 7) is 6.77. The highest BCUT2D eigenvalue weighted by Gasteiger charge is 2.18. The van der Waals surface area contributed by atoms with E-state index < -0.39 is 0 Å². The third kappa shape index (κ3) is 3.19. The van der Waals surface area contributed by atoms with E-state index in [0.29, 0.717) is 12.4 Å². The Kier molecular flexibility index (Phi) is 4.19. The maximum atomic E-state index is 11.4. The number of aromatic amines is 2. The van der Waals surface area contributed by atoms with Gasteiger partial charge in [0.15, 0.2) is 5.82 Å². The SMILES string of the molecule is Cc1cc(C)c(-c2nccn2[C@@H](C)c2n[nH]c(=O)[nH]2)cc1Cn1cncn1. The number of nitrogens with one attached hydrogen (secondary N) is 2. The van der Waals surface area contributed by atoms with E-state index in [9.17, 15) is 4.79 Å². The second kappa shape index (κ2) is 6.67. The topological polar surface area (TPSA) is 110 Å². The molecule has 138 valence electrons. The molecule has 2 N–H and O–H groups in total. The monoisotopic (exact) mass is 364 g/mol. The average molecular weight is 364 g/mol. The Hall–Kier alpha value is -3.49. The van der Waals surface area contributed by atoms with Crippen molar-refractivity contribution in [3.05, 3.63) is 70.2 Å². The molecule has 0 bridgehead atoms. The highest BCUT2D eigenvalue weighted by Crippen LogP contribution is 2.29. The van der Waals surface area contributed by atoms with Gasteiger partial charge in [-0.25, -0.2) is 24.5 Å². The smallest absolute Gasteiger partial charge is 0.321 e. The summed E-state index contributed by atoms with van der Waals surface area (Å²) in [5.41, 5.74) is 4.18. The maximum Gasteiger partial charge on any atom is 0.340 e. The zero-order valence-electron chi connectivity index (χ0n) is 15.3. The van der Waals surface area contributed by atoms with Crippen molar-refractivity contribution in [2.75, 3.05) is 0 Å². The number of aryl methyl sites for hydroxylation is 2. The second-order valence-electron chi connectivity index (χ2n) is 6.58. The molecule has 9 nitrogen and oxygen atoms in total. The molecule has 0 aliphatic carbocycles. The van der Waals surface area contributed by atoms with Gasteiger partial charge >= 0.3 is 5.69 Å². The van der Waals surface area contributed by atoms with Crippen LogP contribution in [0.1, 0.15) is 35.5 Å². The third-order valence-electron chi connectivity index (χ3n) is 4.72. The summed E-state index contributed by atoms with van der Waals surface area (Å²) >= 11 is 0. The quantitative estimate of drug-likeness (QED) is 0.561. The standard InChI is InChI=1S/C18H20N8O/c1-11-6-12(2)15(7-14(11)8-25-10-19-9-21-25)17-20-4-5-26(17)13(3)16-22-18(27)24-23-16/h4-7,9-10,13H,8H2,1-3H3,(H2,22,23,24,27)/t13-/m0/s1. The van der Waals surface area contributed by atoms with Crippen molar-refractivity contribution in [2.24, 2.45) is 0 Å². The van der Waals surface area contributed by atoms with E-state index in [-0.39, 0.29) is 11.7 Å². The normalized spacial score (nSPS) is 12.4. The minimum atomic E-state index is -0.319. The fraction of sp³-hybridized carbons (Fsp3) is 0.278. The van der Waals surface area contributed by atoms with Gasteiger partial charge < -0.3 is 4.57 Å². The van der Waals surface area contributed by atoms with Gasteiger partial charge in [-0.2, -0.15) is 10.2 Å². The number of benzene rings is 1. The van der Waals surface area contributed by atoms with Gasteiger partial charge in [-0.3, -0.25) is 4.98 Å². The molecule has 4 aromatic rings. The first-order chi connectivity index (χ1) is 13.0. The molecule has 0 unspecified atom stereocenters. The minimum absolute atomic E-state index is 0.166. The Morgan fingerprint density at radius 1 is 1.22 bits per heavy atom. The summed E-state index contributed by atoms with van der Waals surface area (Å²) < 4.78 is 3.80. The van der Waals surface area contributed by atoms with E-state index in [1.807, 2.05) is 17.7 Å². The van der Waals surface area contributed by atoms with Gasteiger partial charge in [0.05, 0.1) is 12.6 Å².